The van der Waals surface area contributed by atoms with E-state index < -0.39 is 0 Å². The van der Waals surface area contributed by atoms with Crippen molar-refractivity contribution in [1.29, 1.82) is 0 Å². The Morgan fingerprint density at radius 1 is 0.939 bits per heavy atom. The number of ether oxygens (including phenoxy) is 1. The smallest absolute Gasteiger partial charge is 0.178 e. The van der Waals surface area contributed by atoms with E-state index in [0.29, 0.717) is 28.4 Å². The van der Waals surface area contributed by atoms with Gasteiger partial charge in [0.1, 0.15) is 11.3 Å². The number of aromatic amines is 2. The fourth-order valence-corrected chi connectivity index (χ4v) is 3.97. The Hall–Kier alpha value is -4.59. The SMILES string of the molecule is COc1cncc(-c2ccc3[nH]nc(-c4nc5nccc(-c6cccc(C)c6)c5[nH]4)c3n2)c1. The zero-order valence-electron chi connectivity index (χ0n) is 18.0. The molecule has 0 atom stereocenters. The average Bonchev–Trinajstić information content (AvgIpc) is 3.47. The molecule has 33 heavy (non-hydrogen) atoms. The summed E-state index contributed by atoms with van der Waals surface area (Å²) < 4.78 is 5.30. The molecule has 0 fully saturated rings. The molecule has 5 heterocycles. The van der Waals surface area contributed by atoms with Crippen molar-refractivity contribution in [1.82, 2.24) is 35.1 Å². The third-order valence-electron chi connectivity index (χ3n) is 5.60. The van der Waals surface area contributed by atoms with E-state index in [1.54, 1.807) is 25.7 Å². The highest BCUT2D eigenvalue weighted by molar-refractivity contribution is 5.95. The number of H-pyrrole nitrogens is 2. The van der Waals surface area contributed by atoms with Crippen molar-refractivity contribution in [2.75, 3.05) is 7.11 Å². The highest BCUT2D eigenvalue weighted by Gasteiger charge is 2.17. The van der Waals surface area contributed by atoms with Crippen LogP contribution in [0.25, 0.3) is 56.1 Å². The van der Waals surface area contributed by atoms with E-state index >= 15 is 0 Å². The van der Waals surface area contributed by atoms with Crippen molar-refractivity contribution >= 4 is 22.2 Å². The number of benzene rings is 1. The summed E-state index contributed by atoms with van der Waals surface area (Å²) in [6.45, 7) is 2.08. The highest BCUT2D eigenvalue weighted by Crippen LogP contribution is 2.31. The number of methoxy groups -OCH3 is 1. The average molecular weight is 433 g/mol. The van der Waals surface area contributed by atoms with Gasteiger partial charge in [-0.25, -0.2) is 15.0 Å². The molecule has 0 aliphatic rings. The van der Waals surface area contributed by atoms with Gasteiger partial charge in [-0.1, -0.05) is 29.8 Å². The van der Waals surface area contributed by atoms with Crippen molar-refractivity contribution in [3.63, 3.8) is 0 Å². The molecule has 1 aromatic carbocycles. The van der Waals surface area contributed by atoms with E-state index in [4.69, 9.17) is 14.7 Å². The Labute approximate surface area is 188 Å². The van der Waals surface area contributed by atoms with E-state index in [1.807, 2.05) is 30.3 Å². The largest absolute Gasteiger partial charge is 0.495 e. The Morgan fingerprint density at radius 3 is 2.76 bits per heavy atom. The van der Waals surface area contributed by atoms with Gasteiger partial charge in [-0.2, -0.15) is 5.10 Å². The van der Waals surface area contributed by atoms with Gasteiger partial charge in [-0.05, 0) is 36.8 Å². The molecule has 8 heteroatoms. The molecular weight excluding hydrogens is 414 g/mol. The van der Waals surface area contributed by atoms with Crippen molar-refractivity contribution < 1.29 is 4.74 Å². The molecule has 0 aliphatic carbocycles. The lowest BCUT2D eigenvalue weighted by Gasteiger charge is -2.04. The maximum absolute atomic E-state index is 5.30. The monoisotopic (exact) mass is 433 g/mol. The van der Waals surface area contributed by atoms with Crippen LogP contribution in [0.15, 0.2) is 67.1 Å². The van der Waals surface area contributed by atoms with E-state index in [1.165, 1.54) is 5.56 Å². The summed E-state index contributed by atoms with van der Waals surface area (Å²) in [6.07, 6.45) is 5.20. The van der Waals surface area contributed by atoms with Crippen molar-refractivity contribution in [2.24, 2.45) is 0 Å². The summed E-state index contributed by atoms with van der Waals surface area (Å²) in [7, 11) is 1.62. The van der Waals surface area contributed by atoms with Crippen LogP contribution in [0.2, 0.25) is 0 Å². The summed E-state index contributed by atoms with van der Waals surface area (Å²) in [5, 5.41) is 7.55. The first-order chi connectivity index (χ1) is 16.2. The lowest BCUT2D eigenvalue weighted by atomic mass is 10.0. The van der Waals surface area contributed by atoms with Crippen LogP contribution in [-0.4, -0.2) is 42.2 Å². The van der Waals surface area contributed by atoms with Gasteiger partial charge in [0.15, 0.2) is 17.2 Å². The second-order valence-corrected chi connectivity index (χ2v) is 7.79. The van der Waals surface area contributed by atoms with Crippen LogP contribution in [0, 0.1) is 6.92 Å². The lowest BCUT2D eigenvalue weighted by Crippen LogP contribution is -1.89. The molecule has 5 aromatic heterocycles. The Morgan fingerprint density at radius 2 is 1.88 bits per heavy atom. The number of aromatic nitrogens is 7. The van der Waals surface area contributed by atoms with Crippen molar-refractivity contribution in [3.8, 4) is 39.7 Å². The van der Waals surface area contributed by atoms with Gasteiger partial charge < -0.3 is 9.72 Å². The summed E-state index contributed by atoms with van der Waals surface area (Å²) in [4.78, 5) is 21.7. The number of nitrogens with one attached hydrogen (secondary N) is 2. The molecule has 6 rings (SSSR count). The number of hydrogen-bond donors (Lipinski definition) is 2. The fraction of sp³-hybridized carbons (Fsp3) is 0.0800. The lowest BCUT2D eigenvalue weighted by molar-refractivity contribution is 0.413. The number of rotatable bonds is 4. The van der Waals surface area contributed by atoms with Crippen LogP contribution in [0.1, 0.15) is 5.56 Å². The summed E-state index contributed by atoms with van der Waals surface area (Å²) in [5.74, 6) is 1.28. The normalized spacial score (nSPS) is 11.3. The standard InChI is InChI=1S/C25H19N7O/c1-14-4-3-5-15(10-14)18-8-9-27-24-21(18)29-25(30-24)23-22-20(31-32-23)7-6-19(28-22)16-11-17(33-2)13-26-12-16/h3-13H,1-2H3,(H,31,32)(H,27,29,30). The van der Waals surface area contributed by atoms with Gasteiger partial charge in [0.2, 0.25) is 0 Å². The number of hydrogen-bond acceptors (Lipinski definition) is 6. The highest BCUT2D eigenvalue weighted by atomic mass is 16.5. The molecule has 0 unspecified atom stereocenters. The summed E-state index contributed by atoms with van der Waals surface area (Å²) in [6, 6.07) is 16.1. The van der Waals surface area contributed by atoms with Gasteiger partial charge in [0.05, 0.1) is 30.0 Å². The second-order valence-electron chi connectivity index (χ2n) is 7.79. The maximum Gasteiger partial charge on any atom is 0.178 e. The predicted octanol–water partition coefficient (Wildman–Crippen LogP) is 4.94. The number of nitrogens with zero attached hydrogens (tertiary/aromatic N) is 5. The first-order valence-electron chi connectivity index (χ1n) is 10.5. The van der Waals surface area contributed by atoms with Crippen LogP contribution in [-0.2, 0) is 0 Å². The van der Waals surface area contributed by atoms with Gasteiger partial charge in [0.25, 0.3) is 0 Å². The van der Waals surface area contributed by atoms with Crippen LogP contribution < -0.4 is 4.74 Å². The van der Waals surface area contributed by atoms with Crippen LogP contribution in [0.4, 0.5) is 0 Å². The Balaban J connectivity index is 1.49. The quantitative estimate of drug-likeness (QED) is 0.408. The molecule has 8 nitrogen and oxygen atoms in total. The number of aryl methyl sites for hydroxylation is 1. The Bertz CT molecular complexity index is 1630. The van der Waals surface area contributed by atoms with E-state index in [0.717, 1.165) is 33.4 Å². The van der Waals surface area contributed by atoms with Gasteiger partial charge >= 0.3 is 0 Å². The number of fused-ring (bicyclic) bond motifs is 2. The number of pyridine rings is 3. The first-order valence-corrected chi connectivity index (χ1v) is 10.5. The van der Waals surface area contributed by atoms with Gasteiger partial charge in [-0.15, -0.1) is 0 Å². The number of imidazole rings is 1. The minimum atomic E-state index is 0.609. The van der Waals surface area contributed by atoms with Gasteiger partial charge in [-0.3, -0.25) is 10.1 Å². The van der Waals surface area contributed by atoms with Crippen LogP contribution in [0.3, 0.4) is 0 Å². The molecule has 0 radical (unpaired) electrons. The molecular formula is C25H19N7O. The Kier molecular flexibility index (Phi) is 4.36. The molecule has 0 aliphatic heterocycles. The predicted molar refractivity (Wildman–Crippen MR) is 127 cm³/mol. The van der Waals surface area contributed by atoms with Crippen LogP contribution in [0.5, 0.6) is 5.75 Å². The maximum atomic E-state index is 5.30. The summed E-state index contributed by atoms with van der Waals surface area (Å²) in [5.41, 5.74) is 8.63. The van der Waals surface area contributed by atoms with Crippen molar-refractivity contribution in [2.45, 2.75) is 6.92 Å². The second kappa shape index (κ2) is 7.52. The molecule has 0 saturated carbocycles. The molecule has 0 spiro atoms. The molecule has 0 saturated heterocycles. The summed E-state index contributed by atoms with van der Waals surface area (Å²) >= 11 is 0. The fourth-order valence-electron chi connectivity index (χ4n) is 3.97. The third-order valence-corrected chi connectivity index (χ3v) is 5.60. The minimum absolute atomic E-state index is 0.609. The molecule has 6 aromatic rings. The van der Waals surface area contributed by atoms with Crippen LogP contribution >= 0.6 is 0 Å². The minimum Gasteiger partial charge on any atom is -0.495 e. The first kappa shape index (κ1) is 19.1. The van der Waals surface area contributed by atoms with Gasteiger partial charge in [0, 0.05) is 23.5 Å². The topological polar surface area (TPSA) is 105 Å². The van der Waals surface area contributed by atoms with E-state index in [-0.39, 0.29) is 0 Å². The molecule has 0 bridgehead atoms. The van der Waals surface area contributed by atoms with E-state index in [2.05, 4.69) is 50.3 Å². The molecule has 0 amide bonds. The zero-order chi connectivity index (χ0) is 22.4. The molecule has 160 valence electrons. The van der Waals surface area contributed by atoms with E-state index in [9.17, 15) is 0 Å². The third kappa shape index (κ3) is 3.28. The molecule has 2 N–H and O–H groups in total. The zero-order valence-corrected chi connectivity index (χ0v) is 18.0. The van der Waals surface area contributed by atoms with Crippen molar-refractivity contribution in [3.05, 3.63) is 72.7 Å².